The van der Waals surface area contributed by atoms with E-state index in [1.54, 1.807) is 0 Å². The summed E-state index contributed by atoms with van der Waals surface area (Å²) in [5.41, 5.74) is 0. The van der Waals surface area contributed by atoms with E-state index < -0.39 is 6.10 Å². The quantitative estimate of drug-likeness (QED) is 0.732. The third kappa shape index (κ3) is 4.21. The second-order valence-electron chi connectivity index (χ2n) is 4.38. The molecule has 1 saturated carbocycles. The average Bonchev–Trinajstić information content (AvgIpc) is 3.12. The van der Waals surface area contributed by atoms with Gasteiger partial charge in [0, 0.05) is 6.54 Å². The summed E-state index contributed by atoms with van der Waals surface area (Å²) in [7, 11) is 0. The Morgan fingerprint density at radius 2 is 2.06 bits per heavy atom. The molecule has 0 aliphatic heterocycles. The Bertz CT molecular complexity index is 298. The van der Waals surface area contributed by atoms with Gasteiger partial charge in [-0.1, -0.05) is 18.2 Å². The Morgan fingerprint density at radius 1 is 1.31 bits per heavy atom. The van der Waals surface area contributed by atoms with Crippen molar-refractivity contribution in [3.63, 3.8) is 0 Å². The summed E-state index contributed by atoms with van der Waals surface area (Å²) < 4.78 is 5.45. The summed E-state index contributed by atoms with van der Waals surface area (Å²) >= 11 is 0. The average molecular weight is 221 g/mol. The monoisotopic (exact) mass is 221 g/mol. The van der Waals surface area contributed by atoms with Gasteiger partial charge in [-0.15, -0.1) is 0 Å². The number of ether oxygens (including phenoxy) is 1. The molecule has 1 aliphatic carbocycles. The van der Waals surface area contributed by atoms with Crippen molar-refractivity contribution in [2.45, 2.75) is 18.9 Å². The highest BCUT2D eigenvalue weighted by Crippen LogP contribution is 2.27. The highest BCUT2D eigenvalue weighted by atomic mass is 16.5. The zero-order valence-corrected chi connectivity index (χ0v) is 9.43. The first-order valence-corrected chi connectivity index (χ1v) is 5.91. The summed E-state index contributed by atoms with van der Waals surface area (Å²) in [5, 5.41) is 12.9. The predicted molar refractivity (Wildman–Crippen MR) is 63.5 cm³/mol. The van der Waals surface area contributed by atoms with E-state index in [1.165, 1.54) is 12.8 Å². The van der Waals surface area contributed by atoms with Crippen LogP contribution in [0.4, 0.5) is 0 Å². The SMILES string of the molecule is O[C@H](CNCC1CC1)COc1ccccc1. The highest BCUT2D eigenvalue weighted by molar-refractivity contribution is 5.20. The number of hydrogen-bond acceptors (Lipinski definition) is 3. The van der Waals surface area contributed by atoms with Crippen LogP contribution in [-0.4, -0.2) is 30.9 Å². The van der Waals surface area contributed by atoms with Crippen LogP contribution in [0, 0.1) is 5.92 Å². The van der Waals surface area contributed by atoms with E-state index in [-0.39, 0.29) is 0 Å². The Balaban J connectivity index is 1.57. The molecule has 1 aromatic carbocycles. The Morgan fingerprint density at radius 3 is 2.75 bits per heavy atom. The van der Waals surface area contributed by atoms with Crippen LogP contribution in [0.2, 0.25) is 0 Å². The Hall–Kier alpha value is -1.06. The maximum absolute atomic E-state index is 9.66. The van der Waals surface area contributed by atoms with E-state index in [1.807, 2.05) is 30.3 Å². The van der Waals surface area contributed by atoms with Crippen molar-refractivity contribution in [2.24, 2.45) is 5.92 Å². The third-order valence-corrected chi connectivity index (χ3v) is 2.70. The molecule has 0 saturated heterocycles. The molecule has 0 bridgehead atoms. The molecule has 2 rings (SSSR count). The van der Waals surface area contributed by atoms with Gasteiger partial charge in [0.25, 0.3) is 0 Å². The van der Waals surface area contributed by atoms with Crippen molar-refractivity contribution >= 4 is 0 Å². The maximum atomic E-state index is 9.66. The van der Waals surface area contributed by atoms with Crippen molar-refractivity contribution in [3.05, 3.63) is 30.3 Å². The van der Waals surface area contributed by atoms with Crippen LogP contribution in [-0.2, 0) is 0 Å². The summed E-state index contributed by atoms with van der Waals surface area (Å²) in [6, 6.07) is 9.58. The minimum absolute atomic E-state index is 0.349. The van der Waals surface area contributed by atoms with E-state index >= 15 is 0 Å². The zero-order valence-electron chi connectivity index (χ0n) is 9.43. The lowest BCUT2D eigenvalue weighted by molar-refractivity contribution is 0.106. The van der Waals surface area contributed by atoms with Crippen LogP contribution >= 0.6 is 0 Å². The van der Waals surface area contributed by atoms with Gasteiger partial charge in [-0.3, -0.25) is 0 Å². The van der Waals surface area contributed by atoms with Gasteiger partial charge in [-0.05, 0) is 37.4 Å². The molecule has 16 heavy (non-hydrogen) atoms. The van der Waals surface area contributed by atoms with Crippen LogP contribution in [0.25, 0.3) is 0 Å². The third-order valence-electron chi connectivity index (χ3n) is 2.70. The lowest BCUT2D eigenvalue weighted by Crippen LogP contribution is -2.32. The molecule has 88 valence electrons. The fraction of sp³-hybridized carbons (Fsp3) is 0.538. The minimum Gasteiger partial charge on any atom is -0.491 e. The van der Waals surface area contributed by atoms with Crippen LogP contribution in [0.1, 0.15) is 12.8 Å². The van der Waals surface area contributed by atoms with E-state index in [2.05, 4.69) is 5.32 Å². The second kappa shape index (κ2) is 5.87. The fourth-order valence-corrected chi connectivity index (χ4v) is 1.54. The molecule has 1 atom stereocenters. The number of aliphatic hydroxyl groups is 1. The zero-order chi connectivity index (χ0) is 11.2. The van der Waals surface area contributed by atoms with Gasteiger partial charge in [-0.2, -0.15) is 0 Å². The van der Waals surface area contributed by atoms with Crippen LogP contribution in [0.3, 0.4) is 0 Å². The van der Waals surface area contributed by atoms with Crippen LogP contribution in [0.5, 0.6) is 5.75 Å². The molecule has 0 unspecified atom stereocenters. The van der Waals surface area contributed by atoms with Crippen molar-refractivity contribution in [1.29, 1.82) is 0 Å². The smallest absolute Gasteiger partial charge is 0.119 e. The summed E-state index contributed by atoms with van der Waals surface area (Å²) in [5.74, 6) is 1.66. The maximum Gasteiger partial charge on any atom is 0.119 e. The summed E-state index contributed by atoms with van der Waals surface area (Å²) in [4.78, 5) is 0. The molecule has 0 amide bonds. The standard InChI is InChI=1S/C13H19NO2/c15-12(9-14-8-11-6-7-11)10-16-13-4-2-1-3-5-13/h1-5,11-12,14-15H,6-10H2/t12-/m1/s1. The molecule has 0 radical (unpaired) electrons. The number of aliphatic hydroxyl groups excluding tert-OH is 1. The minimum atomic E-state index is -0.432. The molecule has 2 N–H and O–H groups in total. The molecular weight excluding hydrogens is 202 g/mol. The van der Waals surface area contributed by atoms with Gasteiger partial charge in [0.2, 0.25) is 0 Å². The number of nitrogens with one attached hydrogen (secondary N) is 1. The lowest BCUT2D eigenvalue weighted by atomic mass is 10.3. The number of para-hydroxylation sites is 1. The molecule has 1 fully saturated rings. The molecule has 0 aromatic heterocycles. The topological polar surface area (TPSA) is 41.5 Å². The highest BCUT2D eigenvalue weighted by Gasteiger charge is 2.20. The predicted octanol–water partition coefficient (Wildman–Crippen LogP) is 1.43. The fourth-order valence-electron chi connectivity index (χ4n) is 1.54. The summed E-state index contributed by atoms with van der Waals surface area (Å²) in [6.45, 7) is 1.99. The molecule has 1 aromatic rings. The van der Waals surface area contributed by atoms with Crippen LogP contribution < -0.4 is 10.1 Å². The van der Waals surface area contributed by atoms with Crippen molar-refractivity contribution < 1.29 is 9.84 Å². The van der Waals surface area contributed by atoms with Gasteiger partial charge < -0.3 is 15.2 Å². The van der Waals surface area contributed by atoms with Gasteiger partial charge >= 0.3 is 0 Å². The molecule has 3 heteroatoms. The molecule has 3 nitrogen and oxygen atoms in total. The Labute approximate surface area is 96.4 Å². The first kappa shape index (κ1) is 11.4. The van der Waals surface area contributed by atoms with Crippen molar-refractivity contribution in [3.8, 4) is 5.75 Å². The van der Waals surface area contributed by atoms with E-state index in [0.717, 1.165) is 18.2 Å². The van der Waals surface area contributed by atoms with Gasteiger partial charge in [-0.25, -0.2) is 0 Å². The molecule has 1 aliphatic rings. The van der Waals surface area contributed by atoms with Crippen molar-refractivity contribution in [1.82, 2.24) is 5.32 Å². The largest absolute Gasteiger partial charge is 0.491 e. The molecule has 0 spiro atoms. The molecule has 0 heterocycles. The second-order valence-corrected chi connectivity index (χ2v) is 4.38. The first-order valence-electron chi connectivity index (χ1n) is 5.91. The number of hydrogen-bond donors (Lipinski definition) is 2. The normalized spacial score (nSPS) is 17.1. The van der Waals surface area contributed by atoms with E-state index in [0.29, 0.717) is 13.2 Å². The van der Waals surface area contributed by atoms with E-state index in [4.69, 9.17) is 4.74 Å². The van der Waals surface area contributed by atoms with Gasteiger partial charge in [0.15, 0.2) is 0 Å². The summed E-state index contributed by atoms with van der Waals surface area (Å²) in [6.07, 6.45) is 2.24. The number of rotatable bonds is 7. The van der Waals surface area contributed by atoms with Gasteiger partial charge in [0.05, 0.1) is 0 Å². The Kier molecular flexibility index (Phi) is 4.19. The van der Waals surface area contributed by atoms with Gasteiger partial charge in [0.1, 0.15) is 18.5 Å². The first-order chi connectivity index (χ1) is 7.84. The lowest BCUT2D eigenvalue weighted by Gasteiger charge is -2.12. The van der Waals surface area contributed by atoms with Crippen molar-refractivity contribution in [2.75, 3.05) is 19.7 Å². The molecular formula is C13H19NO2. The van der Waals surface area contributed by atoms with Crippen LogP contribution in [0.15, 0.2) is 30.3 Å². The number of benzene rings is 1. The van der Waals surface area contributed by atoms with E-state index in [9.17, 15) is 5.11 Å².